The smallest absolute Gasteiger partial charge is 0.415 e. The number of amides is 3. The molecule has 0 aromatic carbocycles. The van der Waals surface area contributed by atoms with Crippen LogP contribution in [-0.2, 0) is 18.9 Å². The van der Waals surface area contributed by atoms with Crippen LogP contribution in [0.2, 0.25) is 0 Å². The Labute approximate surface area is 819 Å². The lowest BCUT2D eigenvalue weighted by Crippen LogP contribution is -2.54. The third-order valence-corrected chi connectivity index (χ3v) is 24.0. The average Bonchev–Trinajstić information content (AvgIpc) is 1.64. The van der Waals surface area contributed by atoms with Gasteiger partial charge in [-0.1, -0.05) is 0 Å². The minimum atomic E-state index is -1.22. The molecular formula is C98H131N25O19. The maximum atomic E-state index is 13.3. The number of esters is 1. The highest BCUT2D eigenvalue weighted by Gasteiger charge is 2.44. The number of carboxylic acid groups (broad SMARTS) is 1. The molecule has 3 aliphatic rings. The second kappa shape index (κ2) is 43.1. The maximum absolute atomic E-state index is 13.3. The highest BCUT2D eigenvalue weighted by atomic mass is 16.6. The Bertz CT molecular complexity index is 6950. The standard InChI is InChI=1S/C27H36N6O5.C23H30N6O5.C22H28N6O3.C21H26N6O5.C5H11NO/c1-16(2)32-12-8-9-19(24(32)35)29-21-14-22(31(7)25(36)38-26(3,4)5)33-23(30-21)18(15-28-33)20(34)13-17-10-11-27(17,6)37;1-8-33-21(31)15-13-24-29-18(27(7)22(32)34-23(4,5)6)12-17(26-19(15)29)25-16-10-9-11-28(14(2)3)20(16)30;1-13(2)27-9-5-6-16(21(27)30)25-18-11-19(23-4)28-20(26-18)15(12-24-28)17(29)10-14-7-8-22(14,3)31;1-12(2)26-9-7-8-14(18(26)28)23-15-10-16(25(6)20(31)32-21(3,4)5)27-17(24-15)13(11-22-27)19(29)30;1-5(7)3-2-4(5)6/h8-9,12,14-17,37H,10-11,13H2,1-7H3,(H,29,30);9-14H,8H2,1-7H3,(H,25,26);5-6,9,11-14,23,31H,7-8,10H2,1-4H3,(H,25,26);7-12H,1-6H3,(H,23,24)(H,29,30);4,7H,2-3,6H2,1H3/t17-,27-;;14-,22-;;4-,5+/m1.1.0/s1. The van der Waals surface area contributed by atoms with E-state index in [9.17, 15) is 68.1 Å². The number of hydrogen-bond donors (Lipinski definition) is 10. The number of ketones is 2. The summed E-state index contributed by atoms with van der Waals surface area (Å²) in [5.41, 5.74) is 2.80. The molecule has 0 saturated heterocycles. The summed E-state index contributed by atoms with van der Waals surface area (Å²) >= 11 is 0. The van der Waals surface area contributed by atoms with E-state index in [-0.39, 0.29) is 169 Å². The van der Waals surface area contributed by atoms with Crippen LogP contribution in [0.25, 0.3) is 22.6 Å². The first-order chi connectivity index (χ1) is 66.3. The van der Waals surface area contributed by atoms with Gasteiger partial charge in [-0.25, -0.2) is 43.9 Å². The number of aromatic carboxylic acids is 1. The monoisotopic (exact) mass is 1960 g/mol. The quantitative estimate of drug-likeness (QED) is 0.0144. The molecule has 44 heteroatoms. The molecule has 12 heterocycles. The largest absolute Gasteiger partial charge is 0.477 e. The molecule has 15 rings (SSSR count). The van der Waals surface area contributed by atoms with Gasteiger partial charge in [0.1, 0.15) is 97.2 Å². The van der Waals surface area contributed by atoms with Crippen LogP contribution in [0.1, 0.15) is 262 Å². The Kier molecular flexibility index (Phi) is 32.7. The van der Waals surface area contributed by atoms with E-state index in [0.717, 1.165) is 31.9 Å². The number of carbonyl (C=O) groups excluding carboxylic acids is 6. The highest BCUT2D eigenvalue weighted by molar-refractivity contribution is 6.03. The second-order valence-electron chi connectivity index (χ2n) is 39.9. The molecule has 0 unspecified atom stereocenters. The Morgan fingerprint density at radius 3 is 0.972 bits per heavy atom. The van der Waals surface area contributed by atoms with Gasteiger partial charge in [-0.3, -0.25) is 43.5 Å². The summed E-state index contributed by atoms with van der Waals surface area (Å²) < 4.78 is 33.4. The Hall–Kier alpha value is -14.8. The number of ether oxygens (including phenoxy) is 4. The predicted molar refractivity (Wildman–Crippen MR) is 538 cm³/mol. The second-order valence-corrected chi connectivity index (χ2v) is 39.9. The number of pyridine rings is 4. The normalized spacial score (nSPS) is 17.6. The first-order valence-electron chi connectivity index (χ1n) is 46.8. The van der Waals surface area contributed by atoms with E-state index in [2.05, 4.69) is 66.9 Å². The molecule has 6 atom stereocenters. The van der Waals surface area contributed by atoms with Crippen LogP contribution in [0.5, 0.6) is 0 Å². The summed E-state index contributed by atoms with van der Waals surface area (Å²) in [5.74, 6) is 0.163. The van der Waals surface area contributed by atoms with E-state index in [0.29, 0.717) is 52.9 Å². The fourth-order valence-corrected chi connectivity index (χ4v) is 15.3. The fraction of sp³-hybridized carbons (Fsp3) is 0.480. The van der Waals surface area contributed by atoms with Gasteiger partial charge in [0.2, 0.25) is 0 Å². The molecule has 11 N–H and O–H groups in total. The number of nitrogens with two attached hydrogens (primary N) is 1. The van der Waals surface area contributed by atoms with Crippen molar-refractivity contribution in [1.82, 2.24) is 76.7 Å². The van der Waals surface area contributed by atoms with Crippen LogP contribution in [0.3, 0.4) is 0 Å². The number of hydrogen-bond acceptors (Lipinski definition) is 32. The fourth-order valence-electron chi connectivity index (χ4n) is 15.3. The minimum Gasteiger partial charge on any atom is -0.477 e. The molecule has 142 heavy (non-hydrogen) atoms. The number of fused-ring (bicyclic) bond motifs is 4. The first kappa shape index (κ1) is 108. The number of rotatable bonds is 25. The molecule has 3 fully saturated rings. The number of nitrogens with zero attached hydrogens (tertiary/aromatic N) is 19. The molecule has 3 amide bonds. The highest BCUT2D eigenvalue weighted by Crippen LogP contribution is 2.43. The van der Waals surface area contributed by atoms with Crippen molar-refractivity contribution in [2.75, 3.05) is 76.1 Å². The average molecular weight is 1960 g/mol. The van der Waals surface area contributed by atoms with Gasteiger partial charge in [0.05, 0.1) is 59.3 Å². The van der Waals surface area contributed by atoms with E-state index < -0.39 is 63.8 Å². The zero-order valence-corrected chi connectivity index (χ0v) is 84.9. The topological polar surface area (TPSA) is 542 Å². The van der Waals surface area contributed by atoms with Crippen molar-refractivity contribution < 1.29 is 72.9 Å². The number of carboxylic acids is 1. The van der Waals surface area contributed by atoms with Gasteiger partial charge in [0.25, 0.3) is 22.2 Å². The van der Waals surface area contributed by atoms with Crippen LogP contribution in [-0.4, -0.2) is 213 Å². The molecule has 0 radical (unpaired) electrons. The van der Waals surface area contributed by atoms with Gasteiger partial charge in [-0.15, -0.1) is 0 Å². The molecule has 44 nitrogen and oxygen atoms in total. The summed E-state index contributed by atoms with van der Waals surface area (Å²) in [6.45, 7) is 38.2. The summed E-state index contributed by atoms with van der Waals surface area (Å²) in [7, 11) is 6.28. The molecular weight excluding hydrogens is 1830 g/mol. The number of carbonyl (C=O) groups is 7. The van der Waals surface area contributed by atoms with E-state index in [4.69, 9.17) is 29.8 Å². The number of Topliss-reactive ketones (excluding diaryl/α,β-unsaturated/α-hetero) is 2. The lowest BCUT2D eigenvalue weighted by Gasteiger charge is -2.42. The summed E-state index contributed by atoms with van der Waals surface area (Å²) in [6, 6.07) is 19.9. The van der Waals surface area contributed by atoms with Crippen molar-refractivity contribution in [3.8, 4) is 0 Å². The van der Waals surface area contributed by atoms with Crippen molar-refractivity contribution in [3.63, 3.8) is 0 Å². The summed E-state index contributed by atoms with van der Waals surface area (Å²) in [4.78, 5) is 162. The van der Waals surface area contributed by atoms with Crippen LogP contribution in [0, 0.1) is 11.8 Å². The van der Waals surface area contributed by atoms with E-state index >= 15 is 0 Å². The van der Waals surface area contributed by atoms with E-state index in [1.54, 1.807) is 211 Å². The Morgan fingerprint density at radius 1 is 0.444 bits per heavy atom. The van der Waals surface area contributed by atoms with Gasteiger partial charge in [0, 0.05) is 120 Å². The lowest BCUT2D eigenvalue weighted by atomic mass is 9.68. The van der Waals surface area contributed by atoms with E-state index in [1.165, 1.54) is 74.0 Å². The van der Waals surface area contributed by atoms with Gasteiger partial charge in [0.15, 0.2) is 34.2 Å². The van der Waals surface area contributed by atoms with Gasteiger partial charge >= 0.3 is 30.2 Å². The molecule has 0 bridgehead atoms. The summed E-state index contributed by atoms with van der Waals surface area (Å²) in [5, 5.41) is 71.4. The van der Waals surface area contributed by atoms with Gasteiger partial charge in [-0.2, -0.15) is 38.5 Å². The third kappa shape index (κ3) is 25.1. The molecule has 3 aliphatic carbocycles. The van der Waals surface area contributed by atoms with Gasteiger partial charge < -0.3 is 90.0 Å². The Balaban J connectivity index is 0.000000177. The maximum Gasteiger partial charge on any atom is 0.415 e. The van der Waals surface area contributed by atoms with Crippen LogP contribution in [0.4, 0.5) is 83.7 Å². The van der Waals surface area contributed by atoms with E-state index in [1.807, 2.05) is 55.4 Å². The zero-order chi connectivity index (χ0) is 105. The van der Waals surface area contributed by atoms with Gasteiger partial charge in [-0.05, 0) is 244 Å². The van der Waals surface area contributed by atoms with Crippen molar-refractivity contribution >= 4 is 134 Å². The van der Waals surface area contributed by atoms with Crippen molar-refractivity contribution in [3.05, 3.63) is 186 Å². The zero-order valence-electron chi connectivity index (χ0n) is 84.9. The first-order valence-corrected chi connectivity index (χ1v) is 46.8. The Morgan fingerprint density at radius 2 is 0.718 bits per heavy atom. The van der Waals surface area contributed by atoms with Crippen LogP contribution < -0.4 is 69.3 Å². The number of anilines is 12. The lowest BCUT2D eigenvalue weighted by molar-refractivity contribution is -0.0775. The predicted octanol–water partition coefficient (Wildman–Crippen LogP) is 14.2. The molecule has 3 saturated carbocycles. The van der Waals surface area contributed by atoms with Crippen molar-refractivity contribution in [2.45, 2.75) is 261 Å². The summed E-state index contributed by atoms with van der Waals surface area (Å²) in [6.07, 6.45) is 15.5. The molecule has 12 aromatic heterocycles. The van der Waals surface area contributed by atoms with Crippen LogP contribution >= 0.6 is 0 Å². The molecule has 0 spiro atoms. The molecule has 762 valence electrons. The van der Waals surface area contributed by atoms with Crippen molar-refractivity contribution in [1.29, 1.82) is 0 Å². The number of nitrogens with one attached hydrogen (secondary N) is 5. The minimum absolute atomic E-state index is 0.00743. The third-order valence-electron chi connectivity index (χ3n) is 24.0. The molecule has 0 aliphatic heterocycles. The number of aliphatic hydroxyl groups is 3. The number of aromatic nitrogens is 16. The SMILES string of the molecule is CC(C)n1cccc(Nc2cc(N(C)C(=O)OC(C)(C)C)n3ncc(C(=O)C[C@H]4CC[C@@]4(C)O)c3n2)c1=O.CC(C)n1cccc(Nc2cc(N(C)C(=O)OC(C)(C)C)n3ncc(C(=O)O)c3n2)c1=O.CCOC(=O)c1cnn2c(N(C)C(=O)OC(C)(C)C)cc(Nc3cccn(C(C)C)c3=O)nc12.CNc1cc(Nc2cccn(C(C)C)c2=O)nc2c(C(=O)C[C@H]3CC[C@@]3(C)O)cnn12.C[C@@]1(O)CC[C@@H]1N. The van der Waals surface area contributed by atoms with Crippen LogP contribution in [0.15, 0.2) is 142 Å². The molecule has 12 aromatic rings. The van der Waals surface area contributed by atoms with Crippen molar-refractivity contribution in [2.24, 2.45) is 17.6 Å².